The summed E-state index contributed by atoms with van der Waals surface area (Å²) in [7, 11) is -8.35. The predicted octanol–water partition coefficient (Wildman–Crippen LogP) is 10.5. The Morgan fingerprint density at radius 1 is 0.606 bits per heavy atom. The van der Waals surface area contributed by atoms with E-state index >= 15 is 0 Å². The average molecular weight is 957 g/mol. The zero-order valence-electron chi connectivity index (χ0n) is 35.1. The van der Waals surface area contributed by atoms with Crippen LogP contribution in [0.4, 0.5) is 34.6 Å². The van der Waals surface area contributed by atoms with Crippen molar-refractivity contribution >= 4 is 77.4 Å². The van der Waals surface area contributed by atoms with E-state index < -0.39 is 25.9 Å². The molecule has 2 saturated carbocycles. The molecule has 8 aromatic rings. The number of nitrogens with one attached hydrogen (secondary N) is 3. The van der Waals surface area contributed by atoms with Crippen LogP contribution in [0.15, 0.2) is 134 Å². The summed E-state index contributed by atoms with van der Waals surface area (Å²) >= 11 is 3.09. The van der Waals surface area contributed by atoms with E-state index in [1.165, 1.54) is 30.6 Å². The van der Waals surface area contributed by atoms with Crippen molar-refractivity contribution in [2.75, 3.05) is 31.8 Å². The quantitative estimate of drug-likeness (QED) is 0.0732. The number of sulfonamides is 2. The fourth-order valence-electron chi connectivity index (χ4n) is 6.78. The minimum Gasteiger partial charge on any atom is -0.444 e. The molecule has 0 bridgehead atoms. The van der Waals surface area contributed by atoms with Crippen LogP contribution in [-0.2, 0) is 20.0 Å². The van der Waals surface area contributed by atoms with Crippen molar-refractivity contribution < 1.29 is 26.3 Å². The Bertz CT molecular complexity index is 3220. The van der Waals surface area contributed by atoms with Gasteiger partial charge in [-0.2, -0.15) is 0 Å². The molecular formula is C46H40N10O6S4. The van der Waals surface area contributed by atoms with E-state index in [0.29, 0.717) is 56.7 Å². The zero-order valence-corrected chi connectivity index (χ0v) is 38.4. The second-order valence-electron chi connectivity index (χ2n) is 15.7. The van der Waals surface area contributed by atoms with E-state index in [0.717, 1.165) is 68.8 Å². The number of anilines is 6. The van der Waals surface area contributed by atoms with Crippen LogP contribution < -0.4 is 29.1 Å². The molecule has 3 N–H and O–H groups in total. The van der Waals surface area contributed by atoms with Crippen LogP contribution in [-0.4, -0.2) is 58.9 Å². The highest BCUT2D eigenvalue weighted by molar-refractivity contribution is 7.96. The van der Waals surface area contributed by atoms with Gasteiger partial charge in [0.05, 0.1) is 30.0 Å². The number of rotatable bonds is 18. The average Bonchev–Trinajstić information content (AvgIpc) is 4.26. The van der Waals surface area contributed by atoms with Gasteiger partial charge in [-0.15, -0.1) is 0 Å². The van der Waals surface area contributed by atoms with Gasteiger partial charge in [0.1, 0.15) is 56.2 Å². The highest BCUT2D eigenvalue weighted by atomic mass is 32.2. The normalized spacial score (nSPS) is 13.8. The standard InChI is InChI=1S/C46H40N10O6S4/c1-65(57,58)56(34-17-19-38(50-27-34)52-40-25-36(21-23-48-40)62-46-42(30-10-6-3-7-11-30)54-44(64-46)32-14-15-32)28-66(59,60)55-33-16-18-37(49-26-33)51-39-24-35(20-22-47-39)61-45-41(29-8-4-2-5-9-29)53-43(63-45)31-12-13-31/h2-11,16-27,31-32,55H,12-15,28H2,1H3,(H,47,49,51)(H,48,50,52). The van der Waals surface area contributed by atoms with Crippen LogP contribution in [0.2, 0.25) is 0 Å². The first-order valence-electron chi connectivity index (χ1n) is 20.8. The number of hydrogen-bond acceptors (Lipinski definition) is 16. The summed E-state index contributed by atoms with van der Waals surface area (Å²) in [6.07, 6.45) is 11.2. The molecule has 0 radical (unpaired) electrons. The predicted molar refractivity (Wildman–Crippen MR) is 257 cm³/mol. The zero-order chi connectivity index (χ0) is 45.3. The third kappa shape index (κ3) is 10.4. The molecule has 0 spiro atoms. The topological polar surface area (TPSA) is 203 Å². The van der Waals surface area contributed by atoms with Gasteiger partial charge in [-0.3, -0.25) is 9.03 Å². The number of thiazole rings is 2. The van der Waals surface area contributed by atoms with E-state index in [1.54, 1.807) is 65.4 Å². The SMILES string of the molecule is CS(=O)(=O)N(CS(=O)(=O)Nc1ccc(Nc2cc(Oc3sc(C4CC4)nc3-c3ccccc3)ccn2)nc1)c1ccc(Nc2cc(Oc3sc(C4CC4)nc3-c3ccccc3)ccn2)nc1. The Labute approximate surface area is 388 Å². The molecule has 6 aromatic heterocycles. The Balaban J connectivity index is 0.770. The molecule has 20 heteroatoms. The van der Waals surface area contributed by atoms with Gasteiger partial charge < -0.3 is 20.1 Å². The Hall–Kier alpha value is -7.00. The summed E-state index contributed by atoms with van der Waals surface area (Å²) in [5.41, 5.74) is 3.68. The monoisotopic (exact) mass is 956 g/mol. The lowest BCUT2D eigenvalue weighted by atomic mass is 10.2. The van der Waals surface area contributed by atoms with Crippen molar-refractivity contribution in [1.82, 2.24) is 29.9 Å². The first-order valence-corrected chi connectivity index (χ1v) is 26.0. The van der Waals surface area contributed by atoms with Crippen molar-refractivity contribution in [2.45, 2.75) is 37.5 Å². The summed E-state index contributed by atoms with van der Waals surface area (Å²) in [6, 6.07) is 32.8. The largest absolute Gasteiger partial charge is 0.444 e. The van der Waals surface area contributed by atoms with Gasteiger partial charge in [0.15, 0.2) is 5.88 Å². The highest BCUT2D eigenvalue weighted by Crippen LogP contribution is 2.49. The summed E-state index contributed by atoms with van der Waals surface area (Å²) in [5, 5.41) is 9.73. The fourth-order valence-corrected chi connectivity index (χ4v) is 11.7. The van der Waals surface area contributed by atoms with Crippen molar-refractivity contribution in [3.63, 3.8) is 0 Å². The fraction of sp³-hybridized carbons (Fsp3) is 0.174. The maximum absolute atomic E-state index is 13.4. The first-order chi connectivity index (χ1) is 32.0. The van der Waals surface area contributed by atoms with E-state index in [-0.39, 0.29) is 11.4 Å². The van der Waals surface area contributed by atoms with Gasteiger partial charge in [0.2, 0.25) is 20.1 Å². The van der Waals surface area contributed by atoms with Gasteiger partial charge in [-0.25, -0.2) is 46.7 Å². The minimum absolute atomic E-state index is 0.0370. The van der Waals surface area contributed by atoms with Gasteiger partial charge >= 0.3 is 0 Å². The molecule has 0 amide bonds. The van der Waals surface area contributed by atoms with Crippen LogP contribution in [0.25, 0.3) is 22.5 Å². The lowest BCUT2D eigenvalue weighted by Gasteiger charge is -2.22. The summed E-state index contributed by atoms with van der Waals surface area (Å²) in [4.78, 5) is 27.3. The van der Waals surface area contributed by atoms with Gasteiger partial charge in [-0.05, 0) is 62.1 Å². The molecule has 6 heterocycles. The minimum atomic E-state index is -4.27. The maximum atomic E-state index is 13.4. The van der Waals surface area contributed by atoms with E-state index in [1.807, 2.05) is 60.7 Å². The number of aromatic nitrogens is 6. The van der Waals surface area contributed by atoms with Crippen molar-refractivity contribution in [3.8, 4) is 44.1 Å². The molecular weight excluding hydrogens is 917 g/mol. The highest BCUT2D eigenvalue weighted by Gasteiger charge is 2.31. The molecule has 10 rings (SSSR count). The Kier molecular flexibility index (Phi) is 11.8. The van der Waals surface area contributed by atoms with Crippen molar-refractivity contribution in [3.05, 3.63) is 144 Å². The third-order valence-electron chi connectivity index (χ3n) is 10.3. The molecule has 0 aliphatic heterocycles. The molecule has 2 fully saturated rings. The summed E-state index contributed by atoms with van der Waals surface area (Å²) in [6.45, 7) is 0. The van der Waals surface area contributed by atoms with Gasteiger partial charge in [0, 0.05) is 47.5 Å². The van der Waals surface area contributed by atoms with Crippen LogP contribution in [0, 0.1) is 0 Å². The first kappa shape index (κ1) is 42.9. The Morgan fingerprint density at radius 2 is 1.11 bits per heavy atom. The third-order valence-corrected chi connectivity index (χ3v) is 15.0. The molecule has 2 aliphatic rings. The molecule has 0 saturated heterocycles. The summed E-state index contributed by atoms with van der Waals surface area (Å²) < 4.78 is 68.6. The summed E-state index contributed by atoms with van der Waals surface area (Å²) in [5.74, 6) is 2.70. The van der Waals surface area contributed by atoms with Crippen LogP contribution in [0.3, 0.4) is 0 Å². The van der Waals surface area contributed by atoms with Crippen molar-refractivity contribution in [2.24, 2.45) is 0 Å². The van der Waals surface area contributed by atoms with Gasteiger partial charge in [-0.1, -0.05) is 83.3 Å². The number of ether oxygens (including phenoxy) is 2. The number of hydrogen-bond donors (Lipinski definition) is 3. The number of pyridine rings is 4. The second-order valence-corrected chi connectivity index (χ2v) is 21.2. The van der Waals surface area contributed by atoms with E-state index in [9.17, 15) is 16.8 Å². The van der Waals surface area contributed by atoms with E-state index in [4.69, 9.17) is 19.4 Å². The van der Waals surface area contributed by atoms with Crippen LogP contribution in [0.1, 0.15) is 47.5 Å². The van der Waals surface area contributed by atoms with Crippen LogP contribution in [0.5, 0.6) is 21.6 Å². The second kappa shape index (κ2) is 18.1. The lowest BCUT2D eigenvalue weighted by Crippen LogP contribution is -2.37. The van der Waals surface area contributed by atoms with Crippen molar-refractivity contribution in [1.29, 1.82) is 0 Å². The molecule has 16 nitrogen and oxygen atoms in total. The number of benzene rings is 2. The molecule has 334 valence electrons. The maximum Gasteiger partial charge on any atom is 0.252 e. The molecule has 0 atom stereocenters. The smallest absolute Gasteiger partial charge is 0.252 e. The Morgan fingerprint density at radius 3 is 1.55 bits per heavy atom. The molecule has 2 aliphatic carbocycles. The van der Waals surface area contributed by atoms with Gasteiger partial charge in [0.25, 0.3) is 10.0 Å². The van der Waals surface area contributed by atoms with E-state index in [2.05, 4.69) is 35.3 Å². The number of nitrogens with zero attached hydrogens (tertiary/aromatic N) is 7. The molecule has 0 unspecified atom stereocenters. The molecule has 2 aromatic carbocycles. The lowest BCUT2D eigenvalue weighted by molar-refractivity contribution is 0.496. The molecule has 66 heavy (non-hydrogen) atoms. The van der Waals surface area contributed by atoms with Crippen LogP contribution >= 0.6 is 22.7 Å².